The van der Waals surface area contributed by atoms with Crippen molar-refractivity contribution in [3.05, 3.63) is 37.8 Å². The van der Waals surface area contributed by atoms with Crippen molar-refractivity contribution in [2.45, 2.75) is 32.2 Å². The van der Waals surface area contributed by atoms with Crippen molar-refractivity contribution in [2.75, 3.05) is 0 Å². The molecule has 0 aromatic carbocycles. The Morgan fingerprint density at radius 2 is 2.29 bits per heavy atom. The van der Waals surface area contributed by atoms with Crippen molar-refractivity contribution in [1.82, 2.24) is 19.7 Å². The summed E-state index contributed by atoms with van der Waals surface area (Å²) in [4.78, 5) is 22.1. The smallest absolute Gasteiger partial charge is 0.263 e. The van der Waals surface area contributed by atoms with Crippen LogP contribution in [-0.2, 0) is 19.4 Å². The molecule has 0 bridgehead atoms. The van der Waals surface area contributed by atoms with Crippen molar-refractivity contribution < 1.29 is 4.52 Å². The van der Waals surface area contributed by atoms with Gasteiger partial charge in [-0.1, -0.05) is 5.16 Å². The number of H-pyrrole nitrogens is 1. The Hall–Kier alpha value is -1.80. The number of aromatic amines is 1. The quantitative estimate of drug-likeness (QED) is 0.734. The molecule has 1 aliphatic carbocycles. The molecule has 108 valence electrons. The minimum Gasteiger partial charge on any atom is -0.343 e. The lowest BCUT2D eigenvalue weighted by atomic mass is 9.97. The fourth-order valence-electron chi connectivity index (χ4n) is 2.82. The maximum Gasteiger partial charge on any atom is 0.263 e. The maximum absolute atomic E-state index is 12.8. The van der Waals surface area contributed by atoms with Gasteiger partial charge in [-0.3, -0.25) is 9.36 Å². The Labute approximate surface area is 128 Å². The van der Waals surface area contributed by atoms with E-state index in [0.29, 0.717) is 10.6 Å². The molecule has 0 saturated heterocycles. The van der Waals surface area contributed by atoms with Crippen LogP contribution in [0.15, 0.2) is 15.7 Å². The van der Waals surface area contributed by atoms with Crippen LogP contribution in [0.4, 0.5) is 0 Å². The van der Waals surface area contributed by atoms with Gasteiger partial charge in [0.25, 0.3) is 5.56 Å². The van der Waals surface area contributed by atoms with Crippen LogP contribution in [0.25, 0.3) is 10.2 Å². The van der Waals surface area contributed by atoms with E-state index in [4.69, 9.17) is 16.7 Å². The summed E-state index contributed by atoms with van der Waals surface area (Å²) >= 11 is 6.97. The van der Waals surface area contributed by atoms with Gasteiger partial charge in [0, 0.05) is 4.88 Å². The van der Waals surface area contributed by atoms with E-state index in [2.05, 4.69) is 15.1 Å². The summed E-state index contributed by atoms with van der Waals surface area (Å²) in [6, 6.07) is 0. The van der Waals surface area contributed by atoms with E-state index >= 15 is 0 Å². The zero-order valence-electron chi connectivity index (χ0n) is 11.1. The van der Waals surface area contributed by atoms with Crippen LogP contribution in [0.1, 0.15) is 29.1 Å². The van der Waals surface area contributed by atoms with E-state index in [0.717, 1.165) is 29.5 Å². The Morgan fingerprint density at radius 3 is 3.10 bits per heavy atom. The number of aryl methyl sites for hydroxylation is 2. The molecule has 21 heavy (non-hydrogen) atoms. The molecule has 0 saturated carbocycles. The van der Waals surface area contributed by atoms with Crippen LogP contribution in [0, 0.1) is 4.77 Å². The van der Waals surface area contributed by atoms with Gasteiger partial charge in [0.2, 0.25) is 6.39 Å². The van der Waals surface area contributed by atoms with Crippen molar-refractivity contribution in [2.24, 2.45) is 0 Å². The second kappa shape index (κ2) is 4.88. The van der Waals surface area contributed by atoms with Crippen molar-refractivity contribution in [1.29, 1.82) is 0 Å². The molecule has 0 radical (unpaired) electrons. The summed E-state index contributed by atoms with van der Waals surface area (Å²) in [5.74, 6) is 0.444. The lowest BCUT2D eigenvalue weighted by Gasteiger charge is -2.10. The average molecular weight is 320 g/mol. The van der Waals surface area contributed by atoms with Crippen LogP contribution in [-0.4, -0.2) is 19.7 Å². The minimum atomic E-state index is -0.0575. The molecule has 0 amide bonds. The highest BCUT2D eigenvalue weighted by Crippen LogP contribution is 2.33. The molecule has 0 unspecified atom stereocenters. The van der Waals surface area contributed by atoms with Crippen molar-refractivity contribution in [3.63, 3.8) is 0 Å². The third-order valence-corrected chi connectivity index (χ3v) is 5.33. The summed E-state index contributed by atoms with van der Waals surface area (Å²) < 4.78 is 6.61. The van der Waals surface area contributed by atoms with E-state index in [9.17, 15) is 4.79 Å². The van der Waals surface area contributed by atoms with E-state index in [1.807, 2.05) is 0 Å². The molecule has 3 aromatic heterocycles. The number of aromatic nitrogens is 4. The lowest BCUT2D eigenvalue weighted by molar-refractivity contribution is 0.407. The van der Waals surface area contributed by atoms with Gasteiger partial charge < -0.3 is 9.51 Å². The zero-order chi connectivity index (χ0) is 14.4. The van der Waals surface area contributed by atoms with Crippen LogP contribution < -0.4 is 5.56 Å². The Morgan fingerprint density at radius 1 is 1.43 bits per heavy atom. The third kappa shape index (κ3) is 2.06. The van der Waals surface area contributed by atoms with Crippen LogP contribution >= 0.6 is 23.6 Å². The molecule has 6 nitrogen and oxygen atoms in total. The van der Waals surface area contributed by atoms with E-state index in [1.165, 1.54) is 27.8 Å². The molecule has 0 aliphatic heterocycles. The number of rotatable bonds is 2. The molecule has 3 aromatic rings. The number of thiophene rings is 1. The average Bonchev–Trinajstić information content (AvgIpc) is 3.10. The summed E-state index contributed by atoms with van der Waals surface area (Å²) in [6.07, 6.45) is 5.60. The predicted octanol–water partition coefficient (Wildman–Crippen LogP) is 2.43. The lowest BCUT2D eigenvalue weighted by Crippen LogP contribution is -2.23. The summed E-state index contributed by atoms with van der Waals surface area (Å²) in [7, 11) is 0. The summed E-state index contributed by atoms with van der Waals surface area (Å²) in [5.41, 5.74) is 1.14. The van der Waals surface area contributed by atoms with E-state index in [-0.39, 0.29) is 12.1 Å². The second-order valence-corrected chi connectivity index (χ2v) is 6.58. The summed E-state index contributed by atoms with van der Waals surface area (Å²) in [6.45, 7) is 0.227. The minimum absolute atomic E-state index is 0.0575. The topological polar surface area (TPSA) is 76.7 Å². The number of hydrogen-bond donors (Lipinski definition) is 1. The van der Waals surface area contributed by atoms with E-state index < -0.39 is 0 Å². The fraction of sp³-hybridized carbons (Fsp3) is 0.385. The Kier molecular flexibility index (Phi) is 3.00. The normalized spacial score (nSPS) is 14.5. The first-order chi connectivity index (χ1) is 10.2. The van der Waals surface area contributed by atoms with Crippen LogP contribution in [0.3, 0.4) is 0 Å². The molecule has 3 heterocycles. The fourth-order valence-corrected chi connectivity index (χ4v) is 4.41. The van der Waals surface area contributed by atoms with Gasteiger partial charge in [-0.25, -0.2) is 0 Å². The molecule has 0 fully saturated rings. The summed E-state index contributed by atoms with van der Waals surface area (Å²) in [5, 5.41) is 4.53. The van der Waals surface area contributed by atoms with Gasteiger partial charge in [-0.2, -0.15) is 4.98 Å². The number of nitrogens with zero attached hydrogens (tertiary/aromatic N) is 3. The molecule has 8 heteroatoms. The molecular weight excluding hydrogens is 308 g/mol. The first-order valence-electron chi connectivity index (χ1n) is 6.76. The molecule has 0 spiro atoms. The largest absolute Gasteiger partial charge is 0.343 e. The van der Waals surface area contributed by atoms with Gasteiger partial charge in [-0.05, 0) is 43.5 Å². The van der Waals surface area contributed by atoms with Gasteiger partial charge in [-0.15, -0.1) is 11.3 Å². The highest BCUT2D eigenvalue weighted by Gasteiger charge is 2.20. The Bertz CT molecular complexity index is 920. The maximum atomic E-state index is 12.8. The van der Waals surface area contributed by atoms with Gasteiger partial charge in [0.1, 0.15) is 4.83 Å². The zero-order valence-corrected chi connectivity index (χ0v) is 12.7. The van der Waals surface area contributed by atoms with Gasteiger partial charge in [0.15, 0.2) is 10.6 Å². The SMILES string of the molecule is O=c1c2c3c(sc2[nH]c(=S)n1Cc1ncon1)CCCC3. The first-order valence-corrected chi connectivity index (χ1v) is 7.99. The van der Waals surface area contributed by atoms with E-state index in [1.54, 1.807) is 11.3 Å². The van der Waals surface area contributed by atoms with Gasteiger partial charge in [0.05, 0.1) is 11.9 Å². The Balaban J connectivity index is 1.95. The van der Waals surface area contributed by atoms with Crippen LogP contribution in [0.2, 0.25) is 0 Å². The van der Waals surface area contributed by atoms with Gasteiger partial charge >= 0.3 is 0 Å². The number of fused-ring (bicyclic) bond motifs is 3. The third-order valence-electron chi connectivity index (χ3n) is 3.80. The first kappa shape index (κ1) is 12.9. The van der Waals surface area contributed by atoms with Crippen LogP contribution in [0.5, 0.6) is 0 Å². The van der Waals surface area contributed by atoms with Crippen molar-refractivity contribution >= 4 is 33.8 Å². The monoisotopic (exact) mass is 320 g/mol. The second-order valence-electron chi connectivity index (χ2n) is 5.08. The standard InChI is InChI=1S/C13H12N4O2S2/c18-12-10-7-3-1-2-4-8(7)21-11(10)15-13(20)17(12)5-9-14-6-19-16-9/h6H,1-5H2,(H,15,20). The number of nitrogens with one attached hydrogen (secondary N) is 1. The molecule has 1 N–H and O–H groups in total. The molecule has 1 aliphatic rings. The molecule has 0 atom stereocenters. The highest BCUT2D eigenvalue weighted by molar-refractivity contribution is 7.71. The number of hydrogen-bond acceptors (Lipinski definition) is 6. The van der Waals surface area contributed by atoms with Crippen molar-refractivity contribution in [3.8, 4) is 0 Å². The molecular formula is C13H12N4O2S2. The predicted molar refractivity (Wildman–Crippen MR) is 81.3 cm³/mol. The highest BCUT2D eigenvalue weighted by atomic mass is 32.1. The molecule has 4 rings (SSSR count).